The number of rotatable bonds is 9. The molecule has 180 valence electrons. The lowest BCUT2D eigenvalue weighted by molar-refractivity contribution is -0.384. The standard InChI is InChI=1S/C21H21F3N6O3S/c1-3-29-18(11-25-15-6-4-5-14(10-15)21(22,23)24)27-28-20(29)34-12-19(31)26-17-8-7-16(30(32)33)9-13(17)2/h4-10,25H,3,11-12H2,1-2H3,(H,26,31). The topological polar surface area (TPSA) is 115 Å². The summed E-state index contributed by atoms with van der Waals surface area (Å²) in [6.45, 7) is 4.17. The maximum Gasteiger partial charge on any atom is 0.416 e. The zero-order valence-electron chi connectivity index (χ0n) is 18.2. The number of nitro benzene ring substituents is 1. The van der Waals surface area contributed by atoms with E-state index in [1.165, 1.54) is 30.3 Å². The number of carbonyl (C=O) groups excluding carboxylic acids is 1. The van der Waals surface area contributed by atoms with Gasteiger partial charge in [0.05, 0.1) is 22.8 Å². The van der Waals surface area contributed by atoms with E-state index < -0.39 is 16.7 Å². The van der Waals surface area contributed by atoms with Crippen LogP contribution in [0.1, 0.15) is 23.9 Å². The molecule has 0 aliphatic rings. The predicted molar refractivity (Wildman–Crippen MR) is 122 cm³/mol. The van der Waals surface area contributed by atoms with Gasteiger partial charge >= 0.3 is 6.18 Å². The lowest BCUT2D eigenvalue weighted by atomic mass is 10.2. The molecule has 34 heavy (non-hydrogen) atoms. The summed E-state index contributed by atoms with van der Waals surface area (Å²) in [5.74, 6) is 0.209. The lowest BCUT2D eigenvalue weighted by Crippen LogP contribution is -2.15. The summed E-state index contributed by atoms with van der Waals surface area (Å²) < 4.78 is 40.4. The number of carbonyl (C=O) groups is 1. The van der Waals surface area contributed by atoms with Gasteiger partial charge in [-0.1, -0.05) is 17.8 Å². The van der Waals surface area contributed by atoms with Gasteiger partial charge in [-0.25, -0.2) is 0 Å². The SMILES string of the molecule is CCn1c(CNc2cccc(C(F)(F)F)c2)nnc1SCC(=O)Nc1ccc([N+](=O)[O-])cc1C. The van der Waals surface area contributed by atoms with Crippen molar-refractivity contribution in [1.29, 1.82) is 0 Å². The number of hydrogen-bond acceptors (Lipinski definition) is 7. The molecule has 2 aromatic carbocycles. The van der Waals surface area contributed by atoms with Crippen LogP contribution in [0.5, 0.6) is 0 Å². The molecule has 0 fully saturated rings. The van der Waals surface area contributed by atoms with E-state index in [2.05, 4.69) is 20.8 Å². The Bertz CT molecular complexity index is 1200. The summed E-state index contributed by atoms with van der Waals surface area (Å²) in [6, 6.07) is 9.03. The van der Waals surface area contributed by atoms with Crippen LogP contribution in [0.2, 0.25) is 0 Å². The molecule has 2 N–H and O–H groups in total. The predicted octanol–water partition coefficient (Wildman–Crippen LogP) is 4.88. The number of anilines is 2. The average Bonchev–Trinajstić information content (AvgIpc) is 3.19. The van der Waals surface area contributed by atoms with E-state index in [-0.39, 0.29) is 23.9 Å². The summed E-state index contributed by atoms with van der Waals surface area (Å²) in [5, 5.41) is 25.1. The lowest BCUT2D eigenvalue weighted by Gasteiger charge is -2.11. The molecule has 9 nitrogen and oxygen atoms in total. The molecule has 1 aromatic heterocycles. The average molecular weight is 494 g/mol. The van der Waals surface area contributed by atoms with Gasteiger partial charge in [0.15, 0.2) is 11.0 Å². The van der Waals surface area contributed by atoms with Gasteiger partial charge in [0.2, 0.25) is 5.91 Å². The van der Waals surface area contributed by atoms with Crippen LogP contribution in [0.3, 0.4) is 0 Å². The highest BCUT2D eigenvalue weighted by Crippen LogP contribution is 2.31. The van der Waals surface area contributed by atoms with E-state index in [4.69, 9.17) is 0 Å². The van der Waals surface area contributed by atoms with E-state index >= 15 is 0 Å². The second-order valence-corrected chi connectivity index (χ2v) is 8.11. The summed E-state index contributed by atoms with van der Waals surface area (Å²) in [4.78, 5) is 22.7. The molecule has 0 radical (unpaired) electrons. The van der Waals surface area contributed by atoms with Gasteiger partial charge in [0.1, 0.15) is 0 Å². The van der Waals surface area contributed by atoms with Crippen LogP contribution in [0, 0.1) is 17.0 Å². The number of alkyl halides is 3. The molecular formula is C21H21F3N6O3S. The fourth-order valence-electron chi connectivity index (χ4n) is 3.08. The third kappa shape index (κ3) is 6.25. The first kappa shape index (κ1) is 25.0. The van der Waals surface area contributed by atoms with Crippen LogP contribution in [0.4, 0.5) is 30.2 Å². The highest BCUT2D eigenvalue weighted by Gasteiger charge is 2.30. The second kappa shape index (κ2) is 10.5. The van der Waals surface area contributed by atoms with Crippen molar-refractivity contribution >= 4 is 34.7 Å². The minimum Gasteiger partial charge on any atom is -0.378 e. The zero-order chi connectivity index (χ0) is 24.9. The molecule has 0 atom stereocenters. The van der Waals surface area contributed by atoms with E-state index in [1.807, 2.05) is 6.92 Å². The van der Waals surface area contributed by atoms with Crippen molar-refractivity contribution in [3.63, 3.8) is 0 Å². The third-order valence-corrected chi connectivity index (χ3v) is 5.74. The number of non-ortho nitro benzene ring substituents is 1. The van der Waals surface area contributed by atoms with Gasteiger partial charge in [0.25, 0.3) is 5.69 Å². The molecular weight excluding hydrogens is 473 g/mol. The molecule has 0 saturated heterocycles. The Morgan fingerprint density at radius 3 is 2.62 bits per heavy atom. The van der Waals surface area contributed by atoms with Crippen LogP contribution >= 0.6 is 11.8 Å². The van der Waals surface area contributed by atoms with Gasteiger partial charge in [-0.15, -0.1) is 10.2 Å². The molecule has 13 heteroatoms. The molecule has 1 amide bonds. The number of amides is 1. The number of nitro groups is 1. The van der Waals surface area contributed by atoms with Crippen molar-refractivity contribution in [2.75, 3.05) is 16.4 Å². The Balaban J connectivity index is 1.60. The first-order chi connectivity index (χ1) is 16.1. The minimum absolute atomic E-state index is 0.0234. The molecule has 0 unspecified atom stereocenters. The van der Waals surface area contributed by atoms with E-state index in [0.717, 1.165) is 23.9 Å². The van der Waals surface area contributed by atoms with E-state index in [9.17, 15) is 28.1 Å². The second-order valence-electron chi connectivity index (χ2n) is 7.17. The molecule has 0 saturated carbocycles. The van der Waals surface area contributed by atoms with Crippen molar-refractivity contribution in [2.24, 2.45) is 0 Å². The Labute approximate surface area is 196 Å². The van der Waals surface area contributed by atoms with Gasteiger partial charge in [0, 0.05) is 30.1 Å². The number of nitrogens with zero attached hydrogens (tertiary/aromatic N) is 4. The number of hydrogen-bond donors (Lipinski definition) is 2. The van der Waals surface area contributed by atoms with Crippen molar-refractivity contribution in [1.82, 2.24) is 14.8 Å². The van der Waals surface area contributed by atoms with Crippen molar-refractivity contribution < 1.29 is 22.9 Å². The molecule has 0 aliphatic carbocycles. The quantitative estimate of drug-likeness (QED) is 0.248. The number of halogens is 3. The van der Waals surface area contributed by atoms with Gasteiger partial charge < -0.3 is 15.2 Å². The Kier molecular flexibility index (Phi) is 7.76. The molecule has 3 rings (SSSR count). The van der Waals surface area contributed by atoms with Gasteiger partial charge in [-0.3, -0.25) is 14.9 Å². The van der Waals surface area contributed by atoms with Crippen LogP contribution in [-0.2, 0) is 24.1 Å². The summed E-state index contributed by atoms with van der Waals surface area (Å²) >= 11 is 1.15. The highest BCUT2D eigenvalue weighted by molar-refractivity contribution is 7.99. The smallest absolute Gasteiger partial charge is 0.378 e. The van der Waals surface area contributed by atoms with E-state index in [0.29, 0.717) is 34.5 Å². The first-order valence-corrected chi connectivity index (χ1v) is 11.1. The van der Waals surface area contributed by atoms with Crippen molar-refractivity contribution in [3.05, 3.63) is 69.5 Å². The normalized spacial score (nSPS) is 11.3. The highest BCUT2D eigenvalue weighted by atomic mass is 32.2. The van der Waals surface area contributed by atoms with Crippen molar-refractivity contribution in [2.45, 2.75) is 38.3 Å². The first-order valence-electron chi connectivity index (χ1n) is 10.1. The Morgan fingerprint density at radius 2 is 1.97 bits per heavy atom. The Hall–Kier alpha value is -3.61. The maximum absolute atomic E-state index is 12.9. The molecule has 3 aromatic rings. The summed E-state index contributed by atoms with van der Waals surface area (Å²) in [5.41, 5.74) is 0.519. The molecule has 0 bridgehead atoms. The summed E-state index contributed by atoms with van der Waals surface area (Å²) in [7, 11) is 0. The van der Waals surface area contributed by atoms with Gasteiger partial charge in [-0.05, 0) is 43.7 Å². The Morgan fingerprint density at radius 1 is 1.21 bits per heavy atom. The molecule has 0 aliphatic heterocycles. The van der Waals surface area contributed by atoms with Crippen molar-refractivity contribution in [3.8, 4) is 0 Å². The molecule has 1 heterocycles. The van der Waals surface area contributed by atoms with Gasteiger partial charge in [-0.2, -0.15) is 13.2 Å². The number of aryl methyl sites for hydroxylation is 1. The van der Waals surface area contributed by atoms with Crippen LogP contribution in [0.25, 0.3) is 0 Å². The third-order valence-electron chi connectivity index (χ3n) is 4.78. The molecule has 0 spiro atoms. The fraction of sp³-hybridized carbons (Fsp3) is 0.286. The number of thioether (sulfide) groups is 1. The monoisotopic (exact) mass is 494 g/mol. The largest absolute Gasteiger partial charge is 0.416 e. The number of nitrogens with one attached hydrogen (secondary N) is 2. The minimum atomic E-state index is -4.43. The number of benzene rings is 2. The van der Waals surface area contributed by atoms with Crippen LogP contribution in [-0.4, -0.2) is 31.3 Å². The fourth-order valence-corrected chi connectivity index (χ4v) is 3.90. The zero-order valence-corrected chi connectivity index (χ0v) is 19.0. The van der Waals surface area contributed by atoms with Crippen LogP contribution in [0.15, 0.2) is 47.6 Å². The number of aromatic nitrogens is 3. The van der Waals surface area contributed by atoms with Crippen LogP contribution < -0.4 is 10.6 Å². The van der Waals surface area contributed by atoms with E-state index in [1.54, 1.807) is 11.5 Å². The maximum atomic E-state index is 12.9. The summed E-state index contributed by atoms with van der Waals surface area (Å²) in [6.07, 6.45) is -4.43.